The molecule has 1 aliphatic rings. The number of carbonyl (C=O) groups excluding carboxylic acids is 2. The SMILES string of the molecule is Cc1ccc(Oc2ncccc2C(=O)N2CCCCC2CCNC(=O)c2ccccc2)cn1. The largest absolute Gasteiger partial charge is 0.437 e. The highest BCUT2D eigenvalue weighted by atomic mass is 16.5. The number of aryl methyl sites for hydroxylation is 1. The number of piperidine rings is 1. The van der Waals surface area contributed by atoms with Crippen LogP contribution >= 0.6 is 0 Å². The zero-order valence-corrected chi connectivity index (χ0v) is 18.7. The van der Waals surface area contributed by atoms with E-state index in [-0.39, 0.29) is 23.7 Å². The molecule has 1 unspecified atom stereocenters. The summed E-state index contributed by atoms with van der Waals surface area (Å²) in [7, 11) is 0. The molecular weight excluding hydrogens is 416 g/mol. The molecule has 7 heteroatoms. The number of aromatic nitrogens is 2. The quantitative estimate of drug-likeness (QED) is 0.584. The molecule has 170 valence electrons. The third-order valence-electron chi connectivity index (χ3n) is 5.79. The summed E-state index contributed by atoms with van der Waals surface area (Å²) in [6.07, 6.45) is 6.86. The van der Waals surface area contributed by atoms with Crippen molar-refractivity contribution in [1.82, 2.24) is 20.2 Å². The van der Waals surface area contributed by atoms with E-state index in [0.29, 0.717) is 36.4 Å². The summed E-state index contributed by atoms with van der Waals surface area (Å²) in [5.74, 6) is 0.609. The molecule has 7 nitrogen and oxygen atoms in total. The number of hydrogen-bond acceptors (Lipinski definition) is 5. The van der Waals surface area contributed by atoms with E-state index < -0.39 is 0 Å². The maximum absolute atomic E-state index is 13.5. The van der Waals surface area contributed by atoms with Gasteiger partial charge in [-0.2, -0.15) is 0 Å². The van der Waals surface area contributed by atoms with E-state index >= 15 is 0 Å². The van der Waals surface area contributed by atoms with Crippen LogP contribution in [0, 0.1) is 6.92 Å². The first-order valence-electron chi connectivity index (χ1n) is 11.3. The van der Waals surface area contributed by atoms with Crippen molar-refractivity contribution in [2.45, 2.75) is 38.6 Å². The van der Waals surface area contributed by atoms with Crippen molar-refractivity contribution in [3.63, 3.8) is 0 Å². The number of hydrogen-bond donors (Lipinski definition) is 1. The van der Waals surface area contributed by atoms with E-state index in [2.05, 4.69) is 15.3 Å². The van der Waals surface area contributed by atoms with Crippen LogP contribution in [0.2, 0.25) is 0 Å². The average Bonchev–Trinajstić information content (AvgIpc) is 2.86. The van der Waals surface area contributed by atoms with Gasteiger partial charge in [-0.1, -0.05) is 18.2 Å². The number of nitrogens with one attached hydrogen (secondary N) is 1. The van der Waals surface area contributed by atoms with Crippen molar-refractivity contribution in [3.05, 3.63) is 83.8 Å². The lowest BCUT2D eigenvalue weighted by atomic mass is 9.98. The van der Waals surface area contributed by atoms with Gasteiger partial charge in [-0.15, -0.1) is 0 Å². The van der Waals surface area contributed by atoms with Crippen molar-refractivity contribution in [1.29, 1.82) is 0 Å². The minimum atomic E-state index is -0.0998. The summed E-state index contributed by atoms with van der Waals surface area (Å²) in [4.78, 5) is 36.3. The van der Waals surface area contributed by atoms with Gasteiger partial charge in [-0.05, 0) is 69.0 Å². The van der Waals surface area contributed by atoms with Crippen LogP contribution in [0.3, 0.4) is 0 Å². The van der Waals surface area contributed by atoms with Crippen molar-refractivity contribution in [2.75, 3.05) is 13.1 Å². The van der Waals surface area contributed by atoms with E-state index in [1.165, 1.54) is 0 Å². The summed E-state index contributed by atoms with van der Waals surface area (Å²) < 4.78 is 5.90. The van der Waals surface area contributed by atoms with E-state index in [0.717, 1.165) is 25.0 Å². The van der Waals surface area contributed by atoms with Crippen LogP contribution in [0.1, 0.15) is 52.1 Å². The lowest BCUT2D eigenvalue weighted by Gasteiger charge is -2.36. The standard InChI is InChI=1S/C26H28N4O3/c1-19-12-13-22(18-29-19)33-25-23(11-7-15-28-25)26(32)30-17-6-5-10-21(30)14-16-27-24(31)20-8-3-2-4-9-20/h2-4,7-9,11-13,15,18,21H,5-6,10,14,16-17H2,1H3,(H,27,31). The van der Waals surface area contributed by atoms with Gasteiger partial charge >= 0.3 is 0 Å². The normalized spacial score (nSPS) is 15.7. The zero-order valence-electron chi connectivity index (χ0n) is 18.7. The third-order valence-corrected chi connectivity index (χ3v) is 5.79. The second-order valence-corrected chi connectivity index (χ2v) is 8.15. The fourth-order valence-electron chi connectivity index (χ4n) is 4.03. The molecule has 0 saturated carbocycles. The van der Waals surface area contributed by atoms with Gasteiger partial charge in [0.2, 0.25) is 5.88 Å². The molecule has 0 spiro atoms. The van der Waals surface area contributed by atoms with Crippen molar-refractivity contribution < 1.29 is 14.3 Å². The number of rotatable bonds is 7. The molecule has 33 heavy (non-hydrogen) atoms. The topological polar surface area (TPSA) is 84.4 Å². The number of nitrogens with zero attached hydrogens (tertiary/aromatic N) is 3. The lowest BCUT2D eigenvalue weighted by Crippen LogP contribution is -2.45. The van der Waals surface area contributed by atoms with Crippen LogP contribution in [-0.4, -0.2) is 45.8 Å². The van der Waals surface area contributed by atoms with Gasteiger partial charge in [0.25, 0.3) is 11.8 Å². The maximum Gasteiger partial charge on any atom is 0.259 e. The number of carbonyl (C=O) groups is 2. The molecule has 1 aromatic carbocycles. The Morgan fingerprint density at radius 2 is 1.91 bits per heavy atom. The summed E-state index contributed by atoms with van der Waals surface area (Å²) in [6, 6.07) is 16.4. The Kier molecular flexibility index (Phi) is 7.29. The minimum Gasteiger partial charge on any atom is -0.437 e. The van der Waals surface area contributed by atoms with E-state index in [1.807, 2.05) is 42.2 Å². The Balaban J connectivity index is 1.43. The summed E-state index contributed by atoms with van der Waals surface area (Å²) in [5.41, 5.74) is 1.95. The molecule has 3 heterocycles. The number of pyridine rings is 2. The smallest absolute Gasteiger partial charge is 0.259 e. The molecule has 1 N–H and O–H groups in total. The van der Waals surface area contributed by atoms with Crippen LogP contribution in [0.5, 0.6) is 11.6 Å². The second kappa shape index (κ2) is 10.7. The van der Waals surface area contributed by atoms with Crippen LogP contribution in [0.4, 0.5) is 0 Å². The Bertz CT molecular complexity index is 1090. The van der Waals surface area contributed by atoms with E-state index in [9.17, 15) is 9.59 Å². The predicted octanol–water partition coefficient (Wildman–Crippen LogP) is 4.39. The predicted molar refractivity (Wildman–Crippen MR) is 125 cm³/mol. The monoisotopic (exact) mass is 444 g/mol. The van der Waals surface area contributed by atoms with Gasteiger partial charge < -0.3 is 15.0 Å². The fourth-order valence-corrected chi connectivity index (χ4v) is 4.03. The van der Waals surface area contributed by atoms with E-state index in [4.69, 9.17) is 4.74 Å². The lowest BCUT2D eigenvalue weighted by molar-refractivity contribution is 0.0598. The minimum absolute atomic E-state index is 0.0522. The van der Waals surface area contributed by atoms with Gasteiger partial charge in [0, 0.05) is 36.6 Å². The fraction of sp³-hybridized carbons (Fsp3) is 0.308. The summed E-state index contributed by atoms with van der Waals surface area (Å²) >= 11 is 0. The molecule has 3 aromatic rings. The zero-order chi connectivity index (χ0) is 23.0. The van der Waals surface area contributed by atoms with Gasteiger partial charge in [-0.25, -0.2) is 4.98 Å². The molecule has 1 aliphatic heterocycles. The molecule has 0 aliphatic carbocycles. The van der Waals surface area contributed by atoms with Gasteiger partial charge in [0.1, 0.15) is 11.3 Å². The Morgan fingerprint density at radius 1 is 1.06 bits per heavy atom. The van der Waals surface area contributed by atoms with Crippen LogP contribution in [-0.2, 0) is 0 Å². The van der Waals surface area contributed by atoms with Crippen LogP contribution in [0.25, 0.3) is 0 Å². The average molecular weight is 445 g/mol. The first-order chi connectivity index (χ1) is 16.1. The number of amides is 2. The van der Waals surface area contributed by atoms with Crippen molar-refractivity contribution in [2.24, 2.45) is 0 Å². The molecule has 1 saturated heterocycles. The number of likely N-dealkylation sites (tertiary alicyclic amines) is 1. The third kappa shape index (κ3) is 5.74. The number of benzene rings is 1. The molecule has 1 atom stereocenters. The molecular formula is C26H28N4O3. The Hall–Kier alpha value is -3.74. The van der Waals surface area contributed by atoms with E-state index in [1.54, 1.807) is 36.7 Å². The maximum atomic E-state index is 13.5. The molecule has 2 aromatic heterocycles. The second-order valence-electron chi connectivity index (χ2n) is 8.15. The Labute approximate surface area is 193 Å². The van der Waals surface area contributed by atoms with Gasteiger partial charge in [-0.3, -0.25) is 14.6 Å². The highest BCUT2D eigenvalue weighted by Crippen LogP contribution is 2.27. The summed E-state index contributed by atoms with van der Waals surface area (Å²) in [6.45, 7) is 3.09. The van der Waals surface area contributed by atoms with Gasteiger partial charge in [0.15, 0.2) is 0 Å². The molecule has 1 fully saturated rings. The van der Waals surface area contributed by atoms with Crippen molar-refractivity contribution >= 4 is 11.8 Å². The first kappa shape index (κ1) is 22.5. The molecule has 0 bridgehead atoms. The molecule has 2 amide bonds. The molecule has 0 radical (unpaired) electrons. The first-order valence-corrected chi connectivity index (χ1v) is 11.3. The molecule has 4 rings (SSSR count). The summed E-state index contributed by atoms with van der Waals surface area (Å²) in [5, 5.41) is 2.97. The Morgan fingerprint density at radius 3 is 2.70 bits per heavy atom. The van der Waals surface area contributed by atoms with Crippen LogP contribution < -0.4 is 10.1 Å². The number of ether oxygens (including phenoxy) is 1. The van der Waals surface area contributed by atoms with Gasteiger partial charge in [0.05, 0.1) is 6.20 Å². The van der Waals surface area contributed by atoms with Crippen molar-refractivity contribution in [3.8, 4) is 11.6 Å². The highest BCUT2D eigenvalue weighted by molar-refractivity contribution is 5.96. The van der Waals surface area contributed by atoms with Crippen LogP contribution in [0.15, 0.2) is 67.0 Å². The highest BCUT2D eigenvalue weighted by Gasteiger charge is 2.29.